The summed E-state index contributed by atoms with van der Waals surface area (Å²) in [6.45, 7) is 3.43. The van der Waals surface area contributed by atoms with Crippen LogP contribution in [0.4, 0.5) is 18.7 Å². The van der Waals surface area contributed by atoms with Gasteiger partial charge in [0.05, 0.1) is 19.2 Å². The minimum atomic E-state index is -2.80. The van der Waals surface area contributed by atoms with Crippen LogP contribution in [-0.2, 0) is 10.2 Å². The summed E-state index contributed by atoms with van der Waals surface area (Å²) in [7, 11) is 0. The molecule has 1 aromatic rings. The van der Waals surface area contributed by atoms with E-state index in [9.17, 15) is 13.6 Å². The molecule has 0 bridgehead atoms. The van der Waals surface area contributed by atoms with Gasteiger partial charge in [0.15, 0.2) is 0 Å². The first-order chi connectivity index (χ1) is 9.25. The van der Waals surface area contributed by atoms with Gasteiger partial charge in [-0.15, -0.1) is 0 Å². The van der Waals surface area contributed by atoms with E-state index in [0.717, 1.165) is 11.5 Å². The van der Waals surface area contributed by atoms with Crippen LogP contribution in [0.3, 0.4) is 0 Å². The van der Waals surface area contributed by atoms with Crippen molar-refractivity contribution < 1.29 is 18.3 Å². The van der Waals surface area contributed by atoms with Crippen LogP contribution in [0, 0.1) is 0 Å². The highest BCUT2D eigenvalue weighted by Gasteiger charge is 2.33. The molecular weight excluding hydrogens is 290 g/mol. The van der Waals surface area contributed by atoms with Gasteiger partial charge in [-0.1, -0.05) is 20.8 Å². The summed E-state index contributed by atoms with van der Waals surface area (Å²) in [5, 5.41) is 3.00. The van der Waals surface area contributed by atoms with Gasteiger partial charge < -0.3 is 9.64 Å². The van der Waals surface area contributed by atoms with Crippen LogP contribution in [0.5, 0.6) is 0 Å². The number of anilines is 1. The van der Waals surface area contributed by atoms with Gasteiger partial charge in [0.1, 0.15) is 5.82 Å². The summed E-state index contributed by atoms with van der Waals surface area (Å²) in [5.41, 5.74) is -0.188. The van der Waals surface area contributed by atoms with Crippen molar-refractivity contribution in [2.45, 2.75) is 38.9 Å². The van der Waals surface area contributed by atoms with Crippen LogP contribution in [0.2, 0.25) is 0 Å². The molecule has 6 nitrogen and oxygen atoms in total. The predicted molar refractivity (Wildman–Crippen MR) is 70.1 cm³/mol. The second-order valence-electron chi connectivity index (χ2n) is 5.53. The van der Waals surface area contributed by atoms with E-state index < -0.39 is 12.7 Å². The molecule has 1 aliphatic rings. The van der Waals surface area contributed by atoms with Crippen molar-refractivity contribution >= 4 is 22.7 Å². The fourth-order valence-electron chi connectivity index (χ4n) is 1.58. The molecule has 1 saturated heterocycles. The lowest BCUT2D eigenvalue weighted by molar-refractivity contribution is -0.188. The summed E-state index contributed by atoms with van der Waals surface area (Å²) in [4.78, 5) is 17.4. The zero-order valence-corrected chi connectivity index (χ0v) is 12.2. The first kappa shape index (κ1) is 15.0. The fraction of sp³-hybridized carbons (Fsp3) is 0.727. The van der Waals surface area contributed by atoms with Gasteiger partial charge in [-0.05, 0) is 0 Å². The maximum absolute atomic E-state index is 11.9. The third-order valence-corrected chi connectivity index (χ3v) is 3.37. The van der Waals surface area contributed by atoms with E-state index in [1.54, 1.807) is 0 Å². The van der Waals surface area contributed by atoms with Gasteiger partial charge in [-0.2, -0.15) is 13.2 Å². The van der Waals surface area contributed by atoms with Gasteiger partial charge in [0.2, 0.25) is 5.13 Å². The van der Waals surface area contributed by atoms with E-state index in [1.807, 2.05) is 20.8 Å². The number of carbonyl (C=O) groups excluding carboxylic acids is 1. The first-order valence-corrected chi connectivity index (χ1v) is 6.87. The molecule has 1 fully saturated rings. The van der Waals surface area contributed by atoms with Gasteiger partial charge in [-0.25, -0.2) is 9.78 Å². The number of halogens is 2. The van der Waals surface area contributed by atoms with Crippen LogP contribution in [0.25, 0.3) is 0 Å². The Kier molecular flexibility index (Phi) is 4.19. The highest BCUT2D eigenvalue weighted by molar-refractivity contribution is 7.09. The Morgan fingerprint density at radius 3 is 2.65 bits per heavy atom. The lowest BCUT2D eigenvalue weighted by Gasteiger charge is -2.38. The molecule has 0 aromatic carbocycles. The molecule has 0 saturated carbocycles. The van der Waals surface area contributed by atoms with Crippen LogP contribution in [0.15, 0.2) is 0 Å². The first-order valence-electron chi connectivity index (χ1n) is 6.09. The number of carbonyl (C=O) groups is 1. The molecule has 0 spiro atoms. The second kappa shape index (κ2) is 5.57. The zero-order valence-electron chi connectivity index (χ0n) is 11.4. The van der Waals surface area contributed by atoms with Crippen molar-refractivity contribution in [1.29, 1.82) is 0 Å². The summed E-state index contributed by atoms with van der Waals surface area (Å²) in [6.07, 6.45) is -0.597. The molecule has 1 aromatic heterocycles. The zero-order chi connectivity index (χ0) is 14.9. The number of hydrogen-bond acceptors (Lipinski definition) is 5. The Balaban J connectivity index is 1.83. The number of likely N-dealkylation sites (tertiary alicyclic amines) is 1. The SMILES string of the molecule is CC(C)(C)c1nsc(NC(=O)N2CC(OC(F)F)C2)n1. The van der Waals surface area contributed by atoms with Crippen LogP contribution >= 0.6 is 11.5 Å². The number of nitrogens with one attached hydrogen (secondary N) is 1. The Labute approximate surface area is 119 Å². The van der Waals surface area contributed by atoms with E-state index in [1.165, 1.54) is 4.90 Å². The monoisotopic (exact) mass is 306 g/mol. The van der Waals surface area contributed by atoms with Crippen molar-refractivity contribution in [2.75, 3.05) is 18.4 Å². The summed E-state index contributed by atoms with van der Waals surface area (Å²) in [5.74, 6) is 0.653. The normalized spacial score (nSPS) is 16.4. The number of nitrogens with zero attached hydrogens (tertiary/aromatic N) is 3. The van der Waals surface area contributed by atoms with Gasteiger partial charge in [0, 0.05) is 16.9 Å². The minimum Gasteiger partial charge on any atom is -0.319 e. The molecule has 1 N–H and O–H groups in total. The summed E-state index contributed by atoms with van der Waals surface area (Å²) < 4.78 is 32.3. The van der Waals surface area contributed by atoms with Gasteiger partial charge in [0.25, 0.3) is 0 Å². The van der Waals surface area contributed by atoms with E-state index in [4.69, 9.17) is 0 Å². The molecule has 0 aliphatic carbocycles. The summed E-state index contributed by atoms with van der Waals surface area (Å²) >= 11 is 1.10. The summed E-state index contributed by atoms with van der Waals surface area (Å²) in [6, 6.07) is -0.379. The maximum atomic E-state index is 11.9. The highest BCUT2D eigenvalue weighted by Crippen LogP contribution is 2.23. The number of ether oxygens (including phenoxy) is 1. The van der Waals surface area contributed by atoms with Crippen LogP contribution in [-0.4, -0.2) is 46.1 Å². The molecule has 0 radical (unpaired) electrons. The quantitative estimate of drug-likeness (QED) is 0.930. The molecule has 9 heteroatoms. The van der Waals surface area contributed by atoms with Crippen LogP contribution in [0.1, 0.15) is 26.6 Å². The van der Waals surface area contributed by atoms with Crippen molar-refractivity contribution in [3.63, 3.8) is 0 Å². The van der Waals surface area contributed by atoms with E-state index in [2.05, 4.69) is 19.4 Å². The number of hydrogen-bond donors (Lipinski definition) is 1. The smallest absolute Gasteiger partial charge is 0.319 e. The molecule has 20 heavy (non-hydrogen) atoms. The second-order valence-corrected chi connectivity index (χ2v) is 6.28. The third kappa shape index (κ3) is 3.60. The van der Waals surface area contributed by atoms with Crippen LogP contribution < -0.4 is 5.32 Å². The number of aromatic nitrogens is 2. The van der Waals surface area contributed by atoms with Gasteiger partial charge in [-0.3, -0.25) is 5.32 Å². The Bertz CT molecular complexity index is 483. The molecule has 112 valence electrons. The van der Waals surface area contributed by atoms with Crippen molar-refractivity contribution in [2.24, 2.45) is 0 Å². The minimum absolute atomic E-state index is 0.154. The Morgan fingerprint density at radius 1 is 1.50 bits per heavy atom. The number of alkyl halides is 2. The molecule has 0 unspecified atom stereocenters. The largest absolute Gasteiger partial charge is 0.345 e. The number of rotatable bonds is 3. The van der Waals surface area contributed by atoms with Crippen molar-refractivity contribution in [1.82, 2.24) is 14.3 Å². The Morgan fingerprint density at radius 2 is 2.15 bits per heavy atom. The average Bonchev–Trinajstić information content (AvgIpc) is 2.70. The predicted octanol–water partition coefficient (Wildman–Crippen LogP) is 2.29. The lowest BCUT2D eigenvalue weighted by atomic mass is 9.96. The standard InChI is InChI=1S/C11H16F2N4O2S/c1-11(2,3)7-14-9(20-16-7)15-10(18)17-4-6(5-17)19-8(12)13/h6,8H,4-5H2,1-3H3,(H,14,15,16,18). The van der Waals surface area contributed by atoms with E-state index in [-0.39, 0.29) is 24.5 Å². The molecule has 1 aliphatic heterocycles. The Hall–Kier alpha value is -1.35. The third-order valence-electron chi connectivity index (χ3n) is 2.74. The maximum Gasteiger partial charge on any atom is 0.345 e. The molecule has 2 amide bonds. The van der Waals surface area contributed by atoms with E-state index in [0.29, 0.717) is 11.0 Å². The number of amides is 2. The van der Waals surface area contributed by atoms with Gasteiger partial charge >= 0.3 is 12.6 Å². The highest BCUT2D eigenvalue weighted by atomic mass is 32.1. The fourth-order valence-corrected chi connectivity index (χ4v) is 2.33. The molecule has 2 rings (SSSR count). The molecule has 2 heterocycles. The molecule has 0 atom stereocenters. The number of urea groups is 1. The van der Waals surface area contributed by atoms with Crippen molar-refractivity contribution in [3.05, 3.63) is 5.82 Å². The molecular formula is C11H16F2N4O2S. The topological polar surface area (TPSA) is 67.4 Å². The lowest BCUT2D eigenvalue weighted by Crippen LogP contribution is -2.56. The van der Waals surface area contributed by atoms with E-state index >= 15 is 0 Å². The average molecular weight is 306 g/mol. The van der Waals surface area contributed by atoms with Crippen molar-refractivity contribution in [3.8, 4) is 0 Å².